The van der Waals surface area contributed by atoms with Crippen molar-refractivity contribution < 1.29 is 14.3 Å². The van der Waals surface area contributed by atoms with Crippen LogP contribution in [0.15, 0.2) is 35.6 Å². The van der Waals surface area contributed by atoms with Crippen LogP contribution in [0.1, 0.15) is 19.8 Å². The maximum Gasteiger partial charge on any atom is 0.226 e. The Labute approximate surface area is 109 Å². The van der Waals surface area contributed by atoms with E-state index in [-0.39, 0.29) is 12.3 Å². The number of aldehydes is 1. The molecule has 0 spiro atoms. The van der Waals surface area contributed by atoms with E-state index in [0.29, 0.717) is 12.2 Å². The molecule has 0 aromatic heterocycles. The molecule has 100 valence electrons. The van der Waals surface area contributed by atoms with E-state index in [0.717, 1.165) is 17.4 Å². The molecule has 4 nitrogen and oxygen atoms in total. The van der Waals surface area contributed by atoms with Gasteiger partial charge < -0.3 is 14.4 Å². The van der Waals surface area contributed by atoms with Crippen LogP contribution in [0.2, 0.25) is 0 Å². The van der Waals surface area contributed by atoms with Crippen LogP contribution in [0.25, 0.3) is 0 Å². The summed E-state index contributed by atoms with van der Waals surface area (Å²) in [6, 6.07) is 0. The lowest BCUT2D eigenvalue weighted by Gasteiger charge is -2.12. The molecule has 0 N–H and O–H groups in total. The summed E-state index contributed by atoms with van der Waals surface area (Å²) in [4.78, 5) is 23.8. The molecule has 18 heavy (non-hydrogen) atoms. The zero-order valence-corrected chi connectivity index (χ0v) is 11.5. The second kappa shape index (κ2) is 8.28. The van der Waals surface area contributed by atoms with Crippen molar-refractivity contribution in [3.8, 4) is 0 Å². The lowest BCUT2D eigenvalue weighted by Crippen LogP contribution is -2.21. The first-order chi connectivity index (χ1) is 8.42. The maximum atomic E-state index is 11.6. The highest BCUT2D eigenvalue weighted by Crippen LogP contribution is 2.14. The number of nitrogens with zero attached hydrogens (tertiary/aromatic N) is 1. The van der Waals surface area contributed by atoms with E-state index in [9.17, 15) is 9.59 Å². The SMILES string of the molecule is C=C(/C=C\C(CC=O)=C(/C)CC(=O)N(C)C)OC. The van der Waals surface area contributed by atoms with E-state index in [1.54, 1.807) is 26.2 Å². The van der Waals surface area contributed by atoms with Crippen LogP contribution in [0, 0.1) is 0 Å². The first kappa shape index (κ1) is 16.2. The van der Waals surface area contributed by atoms with Crippen LogP contribution in [-0.4, -0.2) is 38.3 Å². The number of hydrogen-bond acceptors (Lipinski definition) is 3. The number of allylic oxidation sites excluding steroid dienone is 3. The van der Waals surface area contributed by atoms with Gasteiger partial charge in [0.05, 0.1) is 7.11 Å². The molecule has 0 heterocycles. The molecule has 0 aliphatic heterocycles. The molecule has 0 saturated carbocycles. The van der Waals surface area contributed by atoms with Gasteiger partial charge in [0.2, 0.25) is 5.91 Å². The number of amides is 1. The molecular formula is C14H21NO3. The predicted octanol–water partition coefficient (Wildman–Crippen LogP) is 2.09. The van der Waals surface area contributed by atoms with E-state index < -0.39 is 0 Å². The molecule has 1 amide bonds. The van der Waals surface area contributed by atoms with Crippen molar-refractivity contribution in [2.45, 2.75) is 19.8 Å². The van der Waals surface area contributed by atoms with E-state index >= 15 is 0 Å². The number of hydrogen-bond donors (Lipinski definition) is 0. The maximum absolute atomic E-state index is 11.6. The van der Waals surface area contributed by atoms with Crippen molar-refractivity contribution in [2.75, 3.05) is 21.2 Å². The Morgan fingerprint density at radius 3 is 2.39 bits per heavy atom. The zero-order chi connectivity index (χ0) is 14.1. The van der Waals surface area contributed by atoms with Gasteiger partial charge in [0, 0.05) is 26.9 Å². The van der Waals surface area contributed by atoms with E-state index in [2.05, 4.69) is 6.58 Å². The van der Waals surface area contributed by atoms with Crippen LogP contribution < -0.4 is 0 Å². The molecule has 0 rings (SSSR count). The molecule has 0 aromatic rings. The van der Waals surface area contributed by atoms with Crippen LogP contribution in [0.5, 0.6) is 0 Å². The third-order valence-electron chi connectivity index (χ3n) is 2.50. The Kier molecular flexibility index (Phi) is 7.43. The molecule has 0 saturated heterocycles. The molecule has 0 atom stereocenters. The summed E-state index contributed by atoms with van der Waals surface area (Å²) >= 11 is 0. The summed E-state index contributed by atoms with van der Waals surface area (Å²) in [5.74, 6) is 0.514. The summed E-state index contributed by atoms with van der Waals surface area (Å²) < 4.78 is 4.91. The highest BCUT2D eigenvalue weighted by molar-refractivity contribution is 5.78. The van der Waals surface area contributed by atoms with Crippen LogP contribution in [0.4, 0.5) is 0 Å². The Morgan fingerprint density at radius 1 is 1.33 bits per heavy atom. The lowest BCUT2D eigenvalue weighted by atomic mass is 10.0. The average molecular weight is 251 g/mol. The standard InChI is InChI=1S/C14H21NO3/c1-11(10-14(17)15(3)4)13(8-9-16)7-6-12(2)18-5/h6-7,9H,2,8,10H2,1,3-5H3/b7-6-,13-11-. The second-order valence-electron chi connectivity index (χ2n) is 4.15. The summed E-state index contributed by atoms with van der Waals surface area (Å²) in [7, 11) is 4.94. The van der Waals surface area contributed by atoms with Gasteiger partial charge in [0.25, 0.3) is 0 Å². The van der Waals surface area contributed by atoms with Gasteiger partial charge in [-0.05, 0) is 18.6 Å². The lowest BCUT2D eigenvalue weighted by molar-refractivity contribution is -0.128. The van der Waals surface area contributed by atoms with Gasteiger partial charge in [0.1, 0.15) is 12.0 Å². The molecule has 0 radical (unpaired) electrons. The number of rotatable bonds is 7. The minimum absolute atomic E-state index is 0.00914. The molecule has 0 unspecified atom stereocenters. The first-order valence-corrected chi connectivity index (χ1v) is 5.65. The second-order valence-corrected chi connectivity index (χ2v) is 4.15. The Hall–Kier alpha value is -1.84. The van der Waals surface area contributed by atoms with Crippen molar-refractivity contribution in [1.29, 1.82) is 0 Å². The smallest absolute Gasteiger partial charge is 0.226 e. The third kappa shape index (κ3) is 6.03. The van der Waals surface area contributed by atoms with Gasteiger partial charge in [0.15, 0.2) is 0 Å². The van der Waals surface area contributed by atoms with Crippen molar-refractivity contribution >= 4 is 12.2 Å². The fourth-order valence-electron chi connectivity index (χ4n) is 1.23. The molecular weight excluding hydrogens is 230 g/mol. The average Bonchev–Trinajstić information content (AvgIpc) is 2.33. The molecule has 0 aliphatic rings. The fourth-order valence-corrected chi connectivity index (χ4v) is 1.23. The monoisotopic (exact) mass is 251 g/mol. The quantitative estimate of drug-likeness (QED) is 0.395. The summed E-state index contributed by atoms with van der Waals surface area (Å²) in [6.45, 7) is 5.51. The third-order valence-corrected chi connectivity index (χ3v) is 2.50. The highest BCUT2D eigenvalue weighted by atomic mass is 16.5. The largest absolute Gasteiger partial charge is 0.497 e. The summed E-state index contributed by atoms with van der Waals surface area (Å²) in [5.41, 5.74) is 1.69. The first-order valence-electron chi connectivity index (χ1n) is 5.65. The number of carbonyl (C=O) groups excluding carboxylic acids is 2. The summed E-state index contributed by atoms with van der Waals surface area (Å²) in [6.07, 6.45) is 4.85. The minimum atomic E-state index is 0.00914. The topological polar surface area (TPSA) is 46.6 Å². The predicted molar refractivity (Wildman–Crippen MR) is 72.0 cm³/mol. The fraction of sp³-hybridized carbons (Fsp3) is 0.429. The van der Waals surface area contributed by atoms with Gasteiger partial charge in [-0.15, -0.1) is 0 Å². The molecule has 4 heteroatoms. The van der Waals surface area contributed by atoms with Crippen LogP contribution >= 0.6 is 0 Å². The Morgan fingerprint density at radius 2 is 1.94 bits per heavy atom. The summed E-state index contributed by atoms with van der Waals surface area (Å²) in [5, 5.41) is 0. The van der Waals surface area contributed by atoms with Gasteiger partial charge in [-0.25, -0.2) is 0 Å². The van der Waals surface area contributed by atoms with Crippen molar-refractivity contribution in [3.63, 3.8) is 0 Å². The van der Waals surface area contributed by atoms with E-state index in [1.165, 1.54) is 12.0 Å². The van der Waals surface area contributed by atoms with Crippen molar-refractivity contribution in [1.82, 2.24) is 4.90 Å². The minimum Gasteiger partial charge on any atom is -0.497 e. The van der Waals surface area contributed by atoms with Gasteiger partial charge >= 0.3 is 0 Å². The van der Waals surface area contributed by atoms with Gasteiger partial charge in [-0.3, -0.25) is 4.79 Å². The molecule has 0 bridgehead atoms. The normalized spacial score (nSPS) is 12.0. The van der Waals surface area contributed by atoms with Crippen LogP contribution in [0.3, 0.4) is 0 Å². The molecule has 0 aliphatic carbocycles. The number of methoxy groups -OCH3 is 1. The number of carbonyl (C=O) groups is 2. The Bertz CT molecular complexity index is 379. The van der Waals surface area contributed by atoms with E-state index in [1.807, 2.05) is 6.92 Å². The van der Waals surface area contributed by atoms with Crippen molar-refractivity contribution in [2.24, 2.45) is 0 Å². The Balaban J connectivity index is 4.94. The highest BCUT2D eigenvalue weighted by Gasteiger charge is 2.07. The van der Waals surface area contributed by atoms with Gasteiger partial charge in [-0.2, -0.15) is 0 Å². The van der Waals surface area contributed by atoms with Crippen LogP contribution in [-0.2, 0) is 14.3 Å². The van der Waals surface area contributed by atoms with E-state index in [4.69, 9.17) is 4.74 Å². The number of ether oxygens (including phenoxy) is 1. The molecule has 0 fully saturated rings. The van der Waals surface area contributed by atoms with Gasteiger partial charge in [-0.1, -0.05) is 18.2 Å². The zero-order valence-electron chi connectivity index (χ0n) is 11.5. The van der Waals surface area contributed by atoms with Crippen molar-refractivity contribution in [3.05, 3.63) is 35.6 Å². The molecule has 0 aromatic carbocycles.